The fourth-order valence-corrected chi connectivity index (χ4v) is 4.04. The van der Waals surface area contributed by atoms with Gasteiger partial charge in [0, 0.05) is 27.4 Å². The maximum Gasteiger partial charge on any atom is 0.351 e. The van der Waals surface area contributed by atoms with Crippen molar-refractivity contribution in [2.24, 2.45) is 0 Å². The highest BCUT2D eigenvalue weighted by atomic mass is 35.5. The first kappa shape index (κ1) is 19.2. The summed E-state index contributed by atoms with van der Waals surface area (Å²) in [5.74, 6) is 0.400. The van der Waals surface area contributed by atoms with E-state index < -0.39 is 11.8 Å². The first-order valence-corrected chi connectivity index (χ1v) is 9.63. The Bertz CT molecular complexity index is 1110. The van der Waals surface area contributed by atoms with Gasteiger partial charge in [-0.1, -0.05) is 34.8 Å². The molecule has 3 heterocycles. The maximum atomic E-state index is 13.4. The third kappa shape index (κ3) is 3.16. The molecule has 28 heavy (non-hydrogen) atoms. The SMILES string of the molecule is CC[n+]1c(O)c(-c2cc(Cl)cc(Cl)c2)c(=O)n2c1COC2c1ccc(Cl)nc1. The van der Waals surface area contributed by atoms with E-state index >= 15 is 0 Å². The Kier molecular flexibility index (Phi) is 5.05. The molecule has 1 aromatic carbocycles. The van der Waals surface area contributed by atoms with Crippen molar-refractivity contribution in [2.45, 2.75) is 26.3 Å². The molecule has 0 aliphatic carbocycles. The van der Waals surface area contributed by atoms with Crippen LogP contribution >= 0.6 is 34.8 Å². The van der Waals surface area contributed by atoms with Crippen LogP contribution in [-0.4, -0.2) is 14.7 Å². The smallest absolute Gasteiger partial charge is 0.351 e. The Hall–Kier alpha value is -2.12. The number of halogens is 3. The fraction of sp³-hybridized carbons (Fsp3) is 0.211. The van der Waals surface area contributed by atoms with Crippen LogP contribution in [0.5, 0.6) is 5.88 Å². The summed E-state index contributed by atoms with van der Waals surface area (Å²) in [7, 11) is 0. The second kappa shape index (κ2) is 7.37. The Morgan fingerprint density at radius 2 is 1.96 bits per heavy atom. The lowest BCUT2D eigenvalue weighted by Crippen LogP contribution is -2.44. The average Bonchev–Trinajstić information content (AvgIpc) is 3.07. The van der Waals surface area contributed by atoms with Crippen LogP contribution in [0.4, 0.5) is 0 Å². The fourth-order valence-electron chi connectivity index (χ4n) is 3.40. The molecular formula is C19H15Cl3N3O3+. The summed E-state index contributed by atoms with van der Waals surface area (Å²) < 4.78 is 9.01. The molecule has 1 atom stereocenters. The molecule has 6 nitrogen and oxygen atoms in total. The number of benzene rings is 1. The van der Waals surface area contributed by atoms with Gasteiger partial charge in [-0.2, -0.15) is 9.13 Å². The number of hydrogen-bond acceptors (Lipinski definition) is 4. The second-order valence-electron chi connectivity index (χ2n) is 6.27. The predicted molar refractivity (Wildman–Crippen MR) is 106 cm³/mol. The highest BCUT2D eigenvalue weighted by Crippen LogP contribution is 2.33. The maximum absolute atomic E-state index is 13.4. The molecule has 9 heteroatoms. The van der Waals surface area contributed by atoms with Gasteiger partial charge in [0.15, 0.2) is 12.2 Å². The van der Waals surface area contributed by atoms with Crippen molar-refractivity contribution in [3.05, 3.63) is 73.5 Å². The first-order chi connectivity index (χ1) is 13.4. The highest BCUT2D eigenvalue weighted by Gasteiger charge is 2.39. The van der Waals surface area contributed by atoms with E-state index in [9.17, 15) is 9.90 Å². The number of hydrogen-bond donors (Lipinski definition) is 1. The van der Waals surface area contributed by atoms with E-state index in [0.29, 0.717) is 38.7 Å². The van der Waals surface area contributed by atoms with Crippen LogP contribution in [0.1, 0.15) is 24.5 Å². The van der Waals surface area contributed by atoms with Crippen LogP contribution in [0, 0.1) is 0 Å². The molecule has 1 aliphatic heterocycles. The van der Waals surface area contributed by atoms with E-state index in [1.165, 1.54) is 4.57 Å². The van der Waals surface area contributed by atoms with Gasteiger partial charge in [-0.15, -0.1) is 0 Å². The van der Waals surface area contributed by atoms with Crippen molar-refractivity contribution in [1.29, 1.82) is 0 Å². The Balaban J connectivity index is 1.99. The zero-order valence-corrected chi connectivity index (χ0v) is 17.0. The monoisotopic (exact) mass is 438 g/mol. The van der Waals surface area contributed by atoms with Gasteiger partial charge in [-0.3, -0.25) is 0 Å². The molecule has 0 saturated heterocycles. The summed E-state index contributed by atoms with van der Waals surface area (Å²) in [4.78, 5) is 17.5. The van der Waals surface area contributed by atoms with Gasteiger partial charge in [0.05, 0.1) is 6.54 Å². The van der Waals surface area contributed by atoms with Crippen LogP contribution in [0.25, 0.3) is 11.1 Å². The average molecular weight is 440 g/mol. The number of aromatic hydroxyl groups is 1. The van der Waals surface area contributed by atoms with Gasteiger partial charge in [0.1, 0.15) is 5.15 Å². The van der Waals surface area contributed by atoms with E-state index in [0.717, 1.165) is 0 Å². The number of fused-ring (bicyclic) bond motifs is 1. The minimum absolute atomic E-state index is 0.104. The summed E-state index contributed by atoms with van der Waals surface area (Å²) in [5, 5.41) is 11.9. The molecule has 0 saturated carbocycles. The minimum Gasteiger partial charge on any atom is -0.477 e. The standard InChI is InChI=1S/C19H14Cl3N3O3/c1-2-24-15-9-28-19(10-3-4-14(22)23-8-10)25(15)18(27)16(17(24)26)11-5-12(20)7-13(21)6-11/h3-8,19H,2,9H2,1H3/p+1. The van der Waals surface area contributed by atoms with Gasteiger partial charge in [-0.05, 0) is 37.3 Å². The van der Waals surface area contributed by atoms with E-state index in [2.05, 4.69) is 4.98 Å². The predicted octanol–water partition coefficient (Wildman–Crippen LogP) is 3.96. The molecule has 3 aromatic rings. The summed E-state index contributed by atoms with van der Waals surface area (Å²) >= 11 is 18.1. The van der Waals surface area contributed by atoms with Crippen LogP contribution in [0.15, 0.2) is 41.3 Å². The first-order valence-electron chi connectivity index (χ1n) is 8.50. The van der Waals surface area contributed by atoms with Crippen LogP contribution in [0.2, 0.25) is 15.2 Å². The molecule has 0 fully saturated rings. The Morgan fingerprint density at radius 1 is 1.25 bits per heavy atom. The number of pyridine rings is 1. The molecule has 1 unspecified atom stereocenters. The highest BCUT2D eigenvalue weighted by molar-refractivity contribution is 6.35. The van der Waals surface area contributed by atoms with E-state index in [1.807, 2.05) is 6.92 Å². The number of nitrogens with zero attached hydrogens (tertiary/aromatic N) is 3. The number of aromatic nitrogens is 3. The lowest BCUT2D eigenvalue weighted by molar-refractivity contribution is -0.710. The van der Waals surface area contributed by atoms with Crippen molar-refractivity contribution < 1.29 is 14.4 Å². The molecule has 2 aromatic heterocycles. The van der Waals surface area contributed by atoms with Crippen molar-refractivity contribution in [1.82, 2.24) is 9.55 Å². The summed E-state index contributed by atoms with van der Waals surface area (Å²) in [6.45, 7) is 2.48. The molecule has 1 aliphatic rings. The normalized spacial score (nSPS) is 15.6. The zero-order valence-electron chi connectivity index (χ0n) is 14.7. The molecule has 0 amide bonds. The lowest BCUT2D eigenvalue weighted by Gasteiger charge is -2.13. The van der Waals surface area contributed by atoms with E-state index in [-0.39, 0.29) is 18.1 Å². The van der Waals surface area contributed by atoms with Crippen molar-refractivity contribution in [3.63, 3.8) is 0 Å². The van der Waals surface area contributed by atoms with Crippen molar-refractivity contribution >= 4 is 34.8 Å². The van der Waals surface area contributed by atoms with Crippen molar-refractivity contribution in [3.8, 4) is 17.0 Å². The molecule has 144 valence electrons. The second-order valence-corrected chi connectivity index (χ2v) is 7.53. The van der Waals surface area contributed by atoms with E-state index in [1.54, 1.807) is 41.1 Å². The zero-order chi connectivity index (χ0) is 20.0. The Labute approximate surface area is 175 Å². The third-order valence-electron chi connectivity index (χ3n) is 4.61. The quantitative estimate of drug-likeness (QED) is 0.495. The van der Waals surface area contributed by atoms with Gasteiger partial charge >= 0.3 is 5.56 Å². The van der Waals surface area contributed by atoms with Crippen LogP contribution in [-0.2, 0) is 17.9 Å². The Morgan fingerprint density at radius 3 is 2.57 bits per heavy atom. The molecular weight excluding hydrogens is 425 g/mol. The molecule has 0 radical (unpaired) electrons. The molecule has 4 rings (SSSR count). The number of ether oxygens (including phenoxy) is 1. The number of rotatable bonds is 3. The van der Waals surface area contributed by atoms with Gasteiger partial charge in [0.2, 0.25) is 6.23 Å². The van der Waals surface area contributed by atoms with E-state index in [4.69, 9.17) is 39.5 Å². The summed E-state index contributed by atoms with van der Waals surface area (Å²) in [5.41, 5.74) is 0.798. The molecule has 0 bridgehead atoms. The summed E-state index contributed by atoms with van der Waals surface area (Å²) in [6, 6.07) is 8.13. The van der Waals surface area contributed by atoms with Crippen LogP contribution in [0.3, 0.4) is 0 Å². The third-order valence-corrected chi connectivity index (χ3v) is 5.27. The topological polar surface area (TPSA) is 68.2 Å². The molecule has 0 spiro atoms. The summed E-state index contributed by atoms with van der Waals surface area (Å²) in [6.07, 6.45) is 0.882. The lowest BCUT2D eigenvalue weighted by atomic mass is 10.1. The van der Waals surface area contributed by atoms with Gasteiger partial charge < -0.3 is 9.84 Å². The van der Waals surface area contributed by atoms with Gasteiger partial charge in [0.25, 0.3) is 11.7 Å². The van der Waals surface area contributed by atoms with Gasteiger partial charge in [-0.25, -0.2) is 9.78 Å². The largest absolute Gasteiger partial charge is 0.477 e. The van der Waals surface area contributed by atoms with Crippen molar-refractivity contribution in [2.75, 3.05) is 0 Å². The molecule has 1 N–H and O–H groups in total. The minimum atomic E-state index is -0.681. The van der Waals surface area contributed by atoms with Crippen LogP contribution < -0.4 is 10.1 Å².